The number of hydrogen-bond acceptors (Lipinski definition) is 0. The second-order valence-corrected chi connectivity index (χ2v) is 3.50. The molecule has 0 heteroatoms. The Morgan fingerprint density at radius 3 is 1.38 bits per heavy atom. The van der Waals surface area contributed by atoms with Crippen LogP contribution in [-0.4, -0.2) is 0 Å². The van der Waals surface area contributed by atoms with E-state index in [1.54, 1.807) is 12.2 Å². The van der Waals surface area contributed by atoms with Crippen LogP contribution < -0.4 is 0 Å². The summed E-state index contributed by atoms with van der Waals surface area (Å²) >= 11 is 0. The molecular weight excluding hydrogens is 192 g/mol. The summed E-state index contributed by atoms with van der Waals surface area (Å²) in [6, 6.07) is 0. The molecule has 0 amide bonds. The van der Waals surface area contributed by atoms with Gasteiger partial charge in [0.05, 0.1) is 11.8 Å². The maximum Gasteiger partial charge on any atom is 0.0573 e. The Labute approximate surface area is 96.8 Å². The van der Waals surface area contributed by atoms with Gasteiger partial charge in [0.1, 0.15) is 0 Å². The van der Waals surface area contributed by atoms with Crippen LogP contribution in [0, 0.1) is 35.5 Å². The minimum Gasteiger partial charge on any atom is -0.0867 e. The highest BCUT2D eigenvalue weighted by Crippen LogP contribution is 2.06. The summed E-state index contributed by atoms with van der Waals surface area (Å²) in [5, 5.41) is 0. The van der Waals surface area contributed by atoms with E-state index in [-0.39, 0.29) is 11.8 Å². The van der Waals surface area contributed by atoms with Crippen molar-refractivity contribution in [1.82, 2.24) is 0 Å². The van der Waals surface area contributed by atoms with Crippen molar-refractivity contribution < 1.29 is 0 Å². The minimum absolute atomic E-state index is 0.276. The van der Waals surface area contributed by atoms with E-state index < -0.39 is 0 Å². The molecule has 0 aliphatic heterocycles. The number of rotatable bonds is 0. The maximum atomic E-state index is 3.10. The molecule has 0 unspecified atom stereocenters. The van der Waals surface area contributed by atoms with Gasteiger partial charge in [-0.1, -0.05) is 72.3 Å². The average Bonchev–Trinajstić information content (AvgIpc) is 2.96. The van der Waals surface area contributed by atoms with Gasteiger partial charge in [0.15, 0.2) is 0 Å². The first kappa shape index (κ1) is 10.3. The second-order valence-electron chi connectivity index (χ2n) is 3.50. The van der Waals surface area contributed by atoms with Crippen LogP contribution in [0.4, 0.5) is 0 Å². The van der Waals surface area contributed by atoms with Crippen molar-refractivity contribution in [2.45, 2.75) is 0 Å². The maximum absolute atomic E-state index is 3.10. The Kier molecular flexibility index (Phi) is 3.65. The summed E-state index contributed by atoms with van der Waals surface area (Å²) in [6.45, 7) is 0. The molecule has 0 aromatic rings. The molecule has 0 nitrogen and oxygen atoms in total. The van der Waals surface area contributed by atoms with E-state index in [0.717, 1.165) is 0 Å². The molecule has 2 aliphatic carbocycles. The number of allylic oxidation sites excluding steroid dienone is 10. The van der Waals surface area contributed by atoms with Crippen LogP contribution in [0.3, 0.4) is 0 Å². The topological polar surface area (TPSA) is 0 Å². The molecule has 2 aliphatic rings. The lowest BCUT2D eigenvalue weighted by molar-refractivity contribution is 1.15. The predicted octanol–water partition coefficient (Wildman–Crippen LogP) is 3.03. The summed E-state index contributed by atoms with van der Waals surface area (Å²) in [6.07, 6.45) is 19.9. The molecule has 0 bridgehead atoms. The first-order chi connectivity index (χ1) is 7.95. The Morgan fingerprint density at radius 1 is 0.625 bits per heavy atom. The fourth-order valence-electron chi connectivity index (χ4n) is 1.43. The smallest absolute Gasteiger partial charge is 0.0573 e. The largest absolute Gasteiger partial charge is 0.0867 e. The van der Waals surface area contributed by atoms with E-state index >= 15 is 0 Å². The lowest BCUT2D eigenvalue weighted by Crippen LogP contribution is -1.80. The van der Waals surface area contributed by atoms with E-state index in [0.29, 0.717) is 0 Å². The van der Waals surface area contributed by atoms with Gasteiger partial charge in [0, 0.05) is 0 Å². The van der Waals surface area contributed by atoms with Crippen molar-refractivity contribution in [1.29, 1.82) is 0 Å². The molecule has 16 heavy (non-hydrogen) atoms. The van der Waals surface area contributed by atoms with Crippen LogP contribution in [0.1, 0.15) is 0 Å². The van der Waals surface area contributed by atoms with Gasteiger partial charge in [-0.2, -0.15) is 0 Å². The Bertz CT molecular complexity index is 430. The van der Waals surface area contributed by atoms with Gasteiger partial charge >= 0.3 is 0 Å². The molecule has 0 heterocycles. The normalized spacial score (nSPS) is 17.8. The van der Waals surface area contributed by atoms with Crippen LogP contribution in [0.25, 0.3) is 0 Å². The Morgan fingerprint density at radius 2 is 1.00 bits per heavy atom. The van der Waals surface area contributed by atoms with Crippen molar-refractivity contribution in [3.05, 3.63) is 60.8 Å². The predicted molar refractivity (Wildman–Crippen MR) is 68.2 cm³/mol. The fourth-order valence-corrected chi connectivity index (χ4v) is 1.43. The summed E-state index contributed by atoms with van der Waals surface area (Å²) < 4.78 is 0. The van der Waals surface area contributed by atoms with E-state index in [2.05, 4.69) is 48.0 Å². The third kappa shape index (κ3) is 3.19. The van der Waals surface area contributed by atoms with Crippen LogP contribution in [0.5, 0.6) is 0 Å². The Hall–Kier alpha value is -2.18. The molecule has 0 atom stereocenters. The zero-order valence-corrected chi connectivity index (χ0v) is 8.93. The van der Waals surface area contributed by atoms with Gasteiger partial charge in [-0.25, -0.2) is 0 Å². The van der Waals surface area contributed by atoms with Gasteiger partial charge in [0.2, 0.25) is 0 Å². The average molecular weight is 204 g/mol. The van der Waals surface area contributed by atoms with Crippen molar-refractivity contribution in [3.63, 3.8) is 0 Å². The van der Waals surface area contributed by atoms with Crippen molar-refractivity contribution >= 4 is 0 Å². The van der Waals surface area contributed by atoms with Gasteiger partial charge in [-0.05, 0) is 12.2 Å². The zero-order chi connectivity index (χ0) is 11.1. The lowest BCUT2D eigenvalue weighted by atomic mass is 10.2. The molecule has 0 fully saturated rings. The Balaban J connectivity index is 1.81. The molecule has 0 spiro atoms. The highest BCUT2D eigenvalue weighted by atomic mass is 14.0. The summed E-state index contributed by atoms with van der Waals surface area (Å²) in [7, 11) is 0. The SMILES string of the molecule is C(#CC1C=CC=C1)/C=C/C#CC1C=CC=C1. The van der Waals surface area contributed by atoms with Gasteiger partial charge in [-0.15, -0.1) is 0 Å². The van der Waals surface area contributed by atoms with Crippen molar-refractivity contribution in [2.24, 2.45) is 11.8 Å². The van der Waals surface area contributed by atoms with E-state index in [4.69, 9.17) is 0 Å². The van der Waals surface area contributed by atoms with Crippen LogP contribution >= 0.6 is 0 Å². The second kappa shape index (κ2) is 5.64. The molecule has 0 saturated heterocycles. The number of hydrogen-bond donors (Lipinski definition) is 0. The van der Waals surface area contributed by atoms with Gasteiger partial charge in [-0.3, -0.25) is 0 Å². The zero-order valence-electron chi connectivity index (χ0n) is 8.93. The molecule has 2 rings (SSSR count). The lowest BCUT2D eigenvalue weighted by Gasteiger charge is -1.87. The van der Waals surface area contributed by atoms with Gasteiger partial charge < -0.3 is 0 Å². The monoisotopic (exact) mass is 204 g/mol. The van der Waals surface area contributed by atoms with Crippen molar-refractivity contribution in [3.8, 4) is 23.7 Å². The highest BCUT2D eigenvalue weighted by Gasteiger charge is 1.96. The fraction of sp³-hybridized carbons (Fsp3) is 0.125. The molecule has 76 valence electrons. The van der Waals surface area contributed by atoms with E-state index in [9.17, 15) is 0 Å². The molecular formula is C16H12. The molecule has 0 aromatic carbocycles. The first-order valence-electron chi connectivity index (χ1n) is 5.32. The van der Waals surface area contributed by atoms with Crippen molar-refractivity contribution in [2.75, 3.05) is 0 Å². The quantitative estimate of drug-likeness (QED) is 0.532. The molecule has 0 N–H and O–H groups in total. The third-order valence-electron chi connectivity index (χ3n) is 2.25. The van der Waals surface area contributed by atoms with E-state index in [1.807, 2.05) is 24.3 Å². The molecule has 0 radical (unpaired) electrons. The summed E-state index contributed by atoms with van der Waals surface area (Å²) in [5.41, 5.74) is 0. The van der Waals surface area contributed by atoms with E-state index in [1.165, 1.54) is 0 Å². The van der Waals surface area contributed by atoms with Crippen LogP contribution in [0.15, 0.2) is 60.8 Å². The molecule has 0 saturated carbocycles. The first-order valence-corrected chi connectivity index (χ1v) is 5.32. The highest BCUT2D eigenvalue weighted by molar-refractivity contribution is 5.34. The molecule has 0 aromatic heterocycles. The summed E-state index contributed by atoms with van der Waals surface area (Å²) in [5.74, 6) is 12.7. The van der Waals surface area contributed by atoms with Crippen LogP contribution in [0.2, 0.25) is 0 Å². The van der Waals surface area contributed by atoms with Crippen LogP contribution in [-0.2, 0) is 0 Å². The standard InChI is InChI=1S/C16H12/c1(3-9-15-11-5-6-12-15)2-4-10-16-13-7-8-14-16/h1-2,5-8,11-16H/b2-1+. The minimum atomic E-state index is 0.276. The van der Waals surface area contributed by atoms with Gasteiger partial charge in [0.25, 0.3) is 0 Å². The third-order valence-corrected chi connectivity index (χ3v) is 2.25. The summed E-state index contributed by atoms with van der Waals surface area (Å²) in [4.78, 5) is 0.